The van der Waals surface area contributed by atoms with Crippen LogP contribution in [0.5, 0.6) is 0 Å². The summed E-state index contributed by atoms with van der Waals surface area (Å²) in [5.74, 6) is -0.518. The topological polar surface area (TPSA) is 66.2 Å². The number of hydrogen-bond donors (Lipinski definition) is 0. The number of hydrogen-bond acceptors (Lipinski definition) is 5. The molecule has 1 aromatic heterocycles. The average Bonchev–Trinajstić information content (AvgIpc) is 2.37. The van der Waals surface area contributed by atoms with Gasteiger partial charge < -0.3 is 9.64 Å². The van der Waals surface area contributed by atoms with E-state index in [1.807, 2.05) is 18.0 Å². The third-order valence-electron chi connectivity index (χ3n) is 2.45. The first-order valence-electron chi connectivity index (χ1n) is 5.24. The van der Waals surface area contributed by atoms with Crippen molar-refractivity contribution in [3.05, 3.63) is 24.0 Å². The highest BCUT2D eigenvalue weighted by Gasteiger charge is 2.17. The molecular formula is C12H15N3O2. The number of aromatic nitrogens is 1. The largest absolute Gasteiger partial charge is 0.469 e. The number of rotatable bonds is 4. The van der Waals surface area contributed by atoms with Crippen LogP contribution in [0, 0.1) is 17.2 Å². The lowest BCUT2D eigenvalue weighted by atomic mass is 10.1. The molecule has 0 bridgehead atoms. The first-order chi connectivity index (χ1) is 8.10. The molecule has 1 aromatic rings. The standard InChI is InChI=1S/C12H15N3O2/c1-9(12(16)17-3)8-15(2)11-5-4-6-14-10(11)7-13/h4-6,9H,8H2,1-3H3. The van der Waals surface area contributed by atoms with Gasteiger partial charge in [-0.1, -0.05) is 6.92 Å². The Morgan fingerprint density at radius 1 is 1.71 bits per heavy atom. The molecule has 1 unspecified atom stereocenters. The molecule has 5 heteroatoms. The van der Waals surface area contributed by atoms with Crippen molar-refractivity contribution >= 4 is 11.7 Å². The van der Waals surface area contributed by atoms with Crippen LogP contribution in [0.15, 0.2) is 18.3 Å². The molecule has 0 saturated heterocycles. The summed E-state index contributed by atoms with van der Waals surface area (Å²) in [7, 11) is 3.18. The van der Waals surface area contributed by atoms with E-state index in [0.29, 0.717) is 17.9 Å². The quantitative estimate of drug-likeness (QED) is 0.731. The molecule has 0 amide bonds. The number of methoxy groups -OCH3 is 1. The molecule has 0 radical (unpaired) electrons. The molecule has 0 N–H and O–H groups in total. The second kappa shape index (κ2) is 5.85. The number of nitriles is 1. The summed E-state index contributed by atoms with van der Waals surface area (Å²) in [6.45, 7) is 2.26. The summed E-state index contributed by atoms with van der Waals surface area (Å²) < 4.78 is 4.66. The van der Waals surface area contributed by atoms with Crippen LogP contribution in [0.3, 0.4) is 0 Å². The van der Waals surface area contributed by atoms with Gasteiger partial charge in [-0.3, -0.25) is 4.79 Å². The zero-order chi connectivity index (χ0) is 12.8. The van der Waals surface area contributed by atoms with Crippen LogP contribution in [-0.2, 0) is 9.53 Å². The van der Waals surface area contributed by atoms with Crippen LogP contribution in [0.25, 0.3) is 0 Å². The molecule has 0 aliphatic rings. The minimum atomic E-state index is -0.265. The van der Waals surface area contributed by atoms with Crippen molar-refractivity contribution in [1.82, 2.24) is 4.98 Å². The maximum Gasteiger partial charge on any atom is 0.310 e. The molecule has 1 atom stereocenters. The fourth-order valence-electron chi connectivity index (χ4n) is 1.58. The lowest BCUT2D eigenvalue weighted by molar-refractivity contribution is -0.144. The van der Waals surface area contributed by atoms with Crippen molar-refractivity contribution in [3.8, 4) is 6.07 Å². The molecule has 0 aromatic carbocycles. The van der Waals surface area contributed by atoms with E-state index in [9.17, 15) is 4.79 Å². The smallest absolute Gasteiger partial charge is 0.310 e. The van der Waals surface area contributed by atoms with Gasteiger partial charge in [0.1, 0.15) is 6.07 Å². The van der Waals surface area contributed by atoms with Gasteiger partial charge >= 0.3 is 5.97 Å². The van der Waals surface area contributed by atoms with Gasteiger partial charge in [-0.25, -0.2) is 4.98 Å². The monoisotopic (exact) mass is 233 g/mol. The van der Waals surface area contributed by atoms with E-state index >= 15 is 0 Å². The number of pyridine rings is 1. The number of nitrogens with zero attached hydrogens (tertiary/aromatic N) is 3. The maximum absolute atomic E-state index is 11.3. The molecule has 90 valence electrons. The number of carbonyl (C=O) groups excluding carboxylic acids is 1. The molecule has 5 nitrogen and oxygen atoms in total. The number of anilines is 1. The molecule has 0 fully saturated rings. The number of esters is 1. The molecule has 1 rings (SSSR count). The predicted molar refractivity (Wildman–Crippen MR) is 63.4 cm³/mol. The normalized spacial score (nSPS) is 11.4. The van der Waals surface area contributed by atoms with Gasteiger partial charge in [-0.05, 0) is 12.1 Å². The van der Waals surface area contributed by atoms with E-state index in [2.05, 4.69) is 9.72 Å². The predicted octanol–water partition coefficient (Wildman–Crippen LogP) is 1.20. The van der Waals surface area contributed by atoms with Gasteiger partial charge in [0, 0.05) is 19.8 Å². The van der Waals surface area contributed by atoms with Crippen molar-refractivity contribution in [2.24, 2.45) is 5.92 Å². The van der Waals surface area contributed by atoms with Crippen LogP contribution >= 0.6 is 0 Å². The summed E-state index contributed by atoms with van der Waals surface area (Å²) in [4.78, 5) is 17.1. The van der Waals surface area contributed by atoms with Gasteiger partial charge in [0.2, 0.25) is 0 Å². The van der Waals surface area contributed by atoms with Crippen molar-refractivity contribution in [1.29, 1.82) is 5.26 Å². The highest BCUT2D eigenvalue weighted by atomic mass is 16.5. The second-order valence-electron chi connectivity index (χ2n) is 3.79. The third kappa shape index (κ3) is 3.18. The Bertz CT molecular complexity index is 440. The Morgan fingerprint density at radius 2 is 2.41 bits per heavy atom. The SMILES string of the molecule is COC(=O)C(C)CN(C)c1cccnc1C#N. The molecule has 0 aliphatic heterocycles. The van der Waals surface area contributed by atoms with Crippen molar-refractivity contribution in [2.75, 3.05) is 25.6 Å². The van der Waals surface area contributed by atoms with Gasteiger partial charge in [0.05, 0.1) is 18.7 Å². The van der Waals surface area contributed by atoms with E-state index < -0.39 is 0 Å². The molecule has 0 aliphatic carbocycles. The third-order valence-corrected chi connectivity index (χ3v) is 2.45. The van der Waals surface area contributed by atoms with Gasteiger partial charge in [0.15, 0.2) is 5.69 Å². The number of carbonyl (C=O) groups is 1. The molecule has 17 heavy (non-hydrogen) atoms. The highest BCUT2D eigenvalue weighted by Crippen LogP contribution is 2.17. The Balaban J connectivity index is 2.80. The Morgan fingerprint density at radius 3 is 3.00 bits per heavy atom. The Hall–Kier alpha value is -2.09. The maximum atomic E-state index is 11.3. The second-order valence-corrected chi connectivity index (χ2v) is 3.79. The molecule has 0 saturated carbocycles. The van der Waals surface area contributed by atoms with E-state index in [4.69, 9.17) is 5.26 Å². The summed E-state index contributed by atoms with van der Waals surface area (Å²) in [5, 5.41) is 8.93. The van der Waals surface area contributed by atoms with E-state index in [1.165, 1.54) is 7.11 Å². The minimum Gasteiger partial charge on any atom is -0.469 e. The summed E-state index contributed by atoms with van der Waals surface area (Å²) in [6, 6.07) is 5.58. The zero-order valence-electron chi connectivity index (χ0n) is 10.2. The average molecular weight is 233 g/mol. The molecule has 0 spiro atoms. The Labute approximate surface area is 101 Å². The number of ether oxygens (including phenoxy) is 1. The summed E-state index contributed by atoms with van der Waals surface area (Å²) >= 11 is 0. The van der Waals surface area contributed by atoms with E-state index in [-0.39, 0.29) is 11.9 Å². The molecule has 1 heterocycles. The zero-order valence-corrected chi connectivity index (χ0v) is 10.2. The van der Waals surface area contributed by atoms with Crippen LogP contribution in [0.1, 0.15) is 12.6 Å². The summed E-state index contributed by atoms with van der Waals surface area (Å²) in [6.07, 6.45) is 1.57. The fraction of sp³-hybridized carbons (Fsp3) is 0.417. The minimum absolute atomic E-state index is 0.253. The van der Waals surface area contributed by atoms with Gasteiger partial charge in [-0.15, -0.1) is 0 Å². The highest BCUT2D eigenvalue weighted by molar-refractivity contribution is 5.72. The fourth-order valence-corrected chi connectivity index (χ4v) is 1.58. The van der Waals surface area contributed by atoms with Crippen LogP contribution < -0.4 is 4.90 Å². The van der Waals surface area contributed by atoms with Gasteiger partial charge in [-0.2, -0.15) is 5.26 Å². The van der Waals surface area contributed by atoms with Crippen LogP contribution in [0.4, 0.5) is 5.69 Å². The van der Waals surface area contributed by atoms with Crippen molar-refractivity contribution in [3.63, 3.8) is 0 Å². The van der Waals surface area contributed by atoms with Crippen LogP contribution in [-0.4, -0.2) is 31.7 Å². The van der Waals surface area contributed by atoms with Crippen molar-refractivity contribution in [2.45, 2.75) is 6.92 Å². The summed E-state index contributed by atoms with van der Waals surface area (Å²) in [5.41, 5.74) is 1.07. The van der Waals surface area contributed by atoms with Crippen LogP contribution in [0.2, 0.25) is 0 Å². The van der Waals surface area contributed by atoms with E-state index in [0.717, 1.165) is 0 Å². The van der Waals surface area contributed by atoms with Crippen molar-refractivity contribution < 1.29 is 9.53 Å². The lowest BCUT2D eigenvalue weighted by Crippen LogP contribution is -2.29. The lowest BCUT2D eigenvalue weighted by Gasteiger charge is -2.22. The first-order valence-corrected chi connectivity index (χ1v) is 5.24. The molecular weight excluding hydrogens is 218 g/mol. The first kappa shape index (κ1) is 13.0. The Kier molecular flexibility index (Phi) is 4.46. The van der Waals surface area contributed by atoms with E-state index in [1.54, 1.807) is 25.3 Å². The van der Waals surface area contributed by atoms with Gasteiger partial charge in [0.25, 0.3) is 0 Å².